The van der Waals surface area contributed by atoms with Crippen molar-refractivity contribution in [2.75, 3.05) is 13.2 Å². The molecule has 3 nitrogen and oxygen atoms in total. The monoisotopic (exact) mass is 224 g/mol. The molecular weight excluding hydrogens is 200 g/mol. The molecule has 1 aliphatic heterocycles. The lowest BCUT2D eigenvalue weighted by molar-refractivity contribution is -0.131. The van der Waals surface area contributed by atoms with Gasteiger partial charge in [-0.3, -0.25) is 10.1 Å². The highest BCUT2D eigenvalue weighted by atomic mass is 16.2. The predicted octanol–water partition coefficient (Wildman–Crippen LogP) is 2.12. The first-order chi connectivity index (χ1) is 7.64. The third kappa shape index (κ3) is 2.40. The minimum atomic E-state index is 0.101. The van der Waals surface area contributed by atoms with Crippen molar-refractivity contribution in [2.24, 2.45) is 5.41 Å². The van der Waals surface area contributed by atoms with Crippen molar-refractivity contribution in [3.05, 3.63) is 0 Å². The molecule has 0 aromatic heterocycles. The van der Waals surface area contributed by atoms with Gasteiger partial charge in [0.1, 0.15) is 0 Å². The first kappa shape index (κ1) is 11.9. The summed E-state index contributed by atoms with van der Waals surface area (Å²) in [4.78, 5) is 14.1. The van der Waals surface area contributed by atoms with E-state index in [0.29, 0.717) is 11.3 Å². The van der Waals surface area contributed by atoms with Crippen molar-refractivity contribution in [3.63, 3.8) is 0 Å². The van der Waals surface area contributed by atoms with Gasteiger partial charge in [-0.2, -0.15) is 0 Å². The number of unbranched alkanes of at least 4 members (excludes halogenated alkanes) is 1. The smallest absolute Gasteiger partial charge is 0.240 e. The molecule has 1 N–H and O–H groups in total. The maximum atomic E-state index is 12.1. The van der Waals surface area contributed by atoms with Crippen LogP contribution < -0.4 is 5.32 Å². The molecule has 3 heteroatoms. The summed E-state index contributed by atoms with van der Waals surface area (Å²) in [5, 5.41) is 3.34. The average Bonchev–Trinajstić information content (AvgIpc) is 2.56. The second-order valence-electron chi connectivity index (χ2n) is 5.76. The summed E-state index contributed by atoms with van der Waals surface area (Å²) in [6, 6.07) is 0.101. The van der Waals surface area contributed by atoms with Crippen molar-refractivity contribution in [2.45, 2.75) is 58.4 Å². The Morgan fingerprint density at radius 3 is 2.81 bits per heavy atom. The van der Waals surface area contributed by atoms with Crippen LogP contribution in [0.4, 0.5) is 0 Å². The zero-order valence-electron chi connectivity index (χ0n) is 10.6. The summed E-state index contributed by atoms with van der Waals surface area (Å²) in [7, 11) is 0. The minimum absolute atomic E-state index is 0.101. The highest BCUT2D eigenvalue weighted by molar-refractivity contribution is 5.83. The largest absolute Gasteiger partial charge is 0.328 e. The fourth-order valence-corrected chi connectivity index (χ4v) is 2.77. The van der Waals surface area contributed by atoms with Gasteiger partial charge in [0.25, 0.3) is 0 Å². The van der Waals surface area contributed by atoms with Crippen molar-refractivity contribution >= 4 is 5.91 Å². The Labute approximate surface area is 98.6 Å². The number of nitrogens with zero attached hydrogens (tertiary/aromatic N) is 1. The van der Waals surface area contributed by atoms with Crippen molar-refractivity contribution in [1.82, 2.24) is 10.2 Å². The van der Waals surface area contributed by atoms with Gasteiger partial charge in [0.2, 0.25) is 5.91 Å². The summed E-state index contributed by atoms with van der Waals surface area (Å²) in [6.07, 6.45) is 7.23. The lowest BCUT2D eigenvalue weighted by atomic mass is 9.70. The molecule has 0 aromatic rings. The first-order valence-corrected chi connectivity index (χ1v) is 6.67. The zero-order chi connectivity index (χ0) is 11.6. The van der Waals surface area contributed by atoms with Gasteiger partial charge in [0, 0.05) is 6.54 Å². The van der Waals surface area contributed by atoms with Gasteiger partial charge >= 0.3 is 0 Å². The molecule has 1 atom stereocenters. The summed E-state index contributed by atoms with van der Waals surface area (Å²) >= 11 is 0. The van der Waals surface area contributed by atoms with Crippen LogP contribution in [0.2, 0.25) is 0 Å². The molecule has 16 heavy (non-hydrogen) atoms. The SMILES string of the molecule is CCCCC1NCN(CC2(C)CCC2)C1=O. The highest BCUT2D eigenvalue weighted by Gasteiger charge is 2.38. The molecule has 1 heterocycles. The lowest BCUT2D eigenvalue weighted by Crippen LogP contribution is -2.42. The van der Waals surface area contributed by atoms with Crippen LogP contribution in [0.5, 0.6) is 0 Å². The van der Waals surface area contributed by atoms with Gasteiger partial charge in [-0.25, -0.2) is 0 Å². The number of hydrogen-bond acceptors (Lipinski definition) is 2. The third-order valence-corrected chi connectivity index (χ3v) is 4.12. The topological polar surface area (TPSA) is 32.3 Å². The van der Waals surface area contributed by atoms with Crippen LogP contribution >= 0.6 is 0 Å². The van der Waals surface area contributed by atoms with Gasteiger partial charge in [-0.15, -0.1) is 0 Å². The predicted molar refractivity (Wildman–Crippen MR) is 65.0 cm³/mol. The molecule has 0 radical (unpaired) electrons. The van der Waals surface area contributed by atoms with Crippen LogP contribution in [0.1, 0.15) is 52.4 Å². The van der Waals surface area contributed by atoms with Crippen LogP contribution in [-0.2, 0) is 4.79 Å². The van der Waals surface area contributed by atoms with E-state index in [4.69, 9.17) is 0 Å². The molecule has 1 saturated heterocycles. The van der Waals surface area contributed by atoms with E-state index in [-0.39, 0.29) is 6.04 Å². The van der Waals surface area contributed by atoms with E-state index in [1.54, 1.807) is 0 Å². The summed E-state index contributed by atoms with van der Waals surface area (Å²) in [5.41, 5.74) is 0.414. The molecule has 1 saturated carbocycles. The Morgan fingerprint density at radius 2 is 2.25 bits per heavy atom. The number of hydrogen-bond donors (Lipinski definition) is 1. The molecule has 0 spiro atoms. The Bertz CT molecular complexity index is 261. The molecule has 2 fully saturated rings. The molecule has 0 aromatic carbocycles. The quantitative estimate of drug-likeness (QED) is 0.776. The third-order valence-electron chi connectivity index (χ3n) is 4.12. The molecular formula is C13H24N2O. The van der Waals surface area contributed by atoms with Crippen LogP contribution in [0, 0.1) is 5.41 Å². The van der Waals surface area contributed by atoms with Crippen molar-refractivity contribution in [3.8, 4) is 0 Å². The fraction of sp³-hybridized carbons (Fsp3) is 0.923. The number of carbonyl (C=O) groups excluding carboxylic acids is 1. The van der Waals surface area contributed by atoms with Gasteiger partial charge in [-0.05, 0) is 24.7 Å². The van der Waals surface area contributed by atoms with E-state index in [0.717, 1.165) is 26.1 Å². The first-order valence-electron chi connectivity index (χ1n) is 6.67. The Morgan fingerprint density at radius 1 is 1.50 bits per heavy atom. The minimum Gasteiger partial charge on any atom is -0.328 e. The summed E-state index contributed by atoms with van der Waals surface area (Å²) in [5.74, 6) is 0.335. The molecule has 2 rings (SSSR count). The second kappa shape index (κ2) is 4.74. The maximum absolute atomic E-state index is 12.1. The normalized spacial score (nSPS) is 28.2. The van der Waals surface area contributed by atoms with Crippen LogP contribution in [-0.4, -0.2) is 30.1 Å². The van der Waals surface area contributed by atoms with Crippen molar-refractivity contribution < 1.29 is 4.79 Å². The molecule has 1 unspecified atom stereocenters. The number of nitrogens with one attached hydrogen (secondary N) is 1. The van der Waals surface area contributed by atoms with Gasteiger partial charge < -0.3 is 4.90 Å². The van der Waals surface area contributed by atoms with E-state index >= 15 is 0 Å². The maximum Gasteiger partial charge on any atom is 0.240 e. The van der Waals surface area contributed by atoms with E-state index in [9.17, 15) is 4.79 Å². The van der Waals surface area contributed by atoms with Gasteiger partial charge in [0.05, 0.1) is 12.7 Å². The van der Waals surface area contributed by atoms with E-state index in [1.807, 2.05) is 4.90 Å². The van der Waals surface area contributed by atoms with Crippen LogP contribution in [0.15, 0.2) is 0 Å². The summed E-state index contributed by atoms with van der Waals surface area (Å²) in [6.45, 7) is 6.21. The van der Waals surface area contributed by atoms with Gasteiger partial charge in [0.15, 0.2) is 0 Å². The Kier molecular flexibility index (Phi) is 3.53. The van der Waals surface area contributed by atoms with Gasteiger partial charge in [-0.1, -0.05) is 33.1 Å². The molecule has 1 amide bonds. The Balaban J connectivity index is 1.82. The molecule has 1 aliphatic carbocycles. The highest BCUT2D eigenvalue weighted by Crippen LogP contribution is 2.41. The standard InChI is InChI=1S/C13H24N2O/c1-3-4-6-11-12(16)15(10-14-11)9-13(2)7-5-8-13/h11,14H,3-10H2,1-2H3. The zero-order valence-corrected chi connectivity index (χ0v) is 10.6. The van der Waals surface area contributed by atoms with Crippen LogP contribution in [0.25, 0.3) is 0 Å². The van der Waals surface area contributed by atoms with E-state index in [2.05, 4.69) is 19.2 Å². The van der Waals surface area contributed by atoms with Crippen molar-refractivity contribution in [1.29, 1.82) is 0 Å². The lowest BCUT2D eigenvalue weighted by Gasteiger charge is -2.41. The number of carbonyl (C=O) groups is 1. The van der Waals surface area contributed by atoms with E-state index in [1.165, 1.54) is 25.7 Å². The molecule has 92 valence electrons. The molecule has 0 bridgehead atoms. The molecule has 2 aliphatic rings. The number of amides is 1. The average molecular weight is 224 g/mol. The Hall–Kier alpha value is -0.570. The summed E-state index contributed by atoms with van der Waals surface area (Å²) < 4.78 is 0. The fourth-order valence-electron chi connectivity index (χ4n) is 2.77. The van der Waals surface area contributed by atoms with E-state index < -0.39 is 0 Å². The number of rotatable bonds is 5. The van der Waals surface area contributed by atoms with Crippen LogP contribution in [0.3, 0.4) is 0 Å². The second-order valence-corrected chi connectivity index (χ2v) is 5.76.